The minimum Gasteiger partial charge on any atom is -0.496 e. The van der Waals surface area contributed by atoms with E-state index in [9.17, 15) is 0 Å². The van der Waals surface area contributed by atoms with Crippen molar-refractivity contribution in [2.45, 2.75) is 32.6 Å². The summed E-state index contributed by atoms with van der Waals surface area (Å²) in [4.78, 5) is 0. The van der Waals surface area contributed by atoms with Gasteiger partial charge in [-0.05, 0) is 56.4 Å². The van der Waals surface area contributed by atoms with Gasteiger partial charge < -0.3 is 10.5 Å². The van der Waals surface area contributed by atoms with E-state index in [4.69, 9.17) is 10.5 Å². The molecular weight excluding hydrogens is 238 g/mol. The van der Waals surface area contributed by atoms with E-state index in [0.29, 0.717) is 5.82 Å². The van der Waals surface area contributed by atoms with E-state index in [1.165, 1.54) is 24.1 Å². The van der Waals surface area contributed by atoms with Crippen LogP contribution in [0.2, 0.25) is 0 Å². The van der Waals surface area contributed by atoms with Gasteiger partial charge in [-0.15, -0.1) is 0 Å². The summed E-state index contributed by atoms with van der Waals surface area (Å²) in [6.07, 6.45) is 4.54. The van der Waals surface area contributed by atoms with Crippen LogP contribution in [0.3, 0.4) is 0 Å². The Kier molecular flexibility index (Phi) is 2.93. The highest BCUT2D eigenvalue weighted by Gasteiger charge is 2.20. The molecule has 0 saturated heterocycles. The van der Waals surface area contributed by atoms with Crippen LogP contribution in [0, 0.1) is 6.92 Å². The molecule has 4 nitrogen and oxygen atoms in total. The Bertz CT molecular complexity index is 616. The smallest absolute Gasteiger partial charge is 0.149 e. The quantitative estimate of drug-likeness (QED) is 0.899. The van der Waals surface area contributed by atoms with Crippen LogP contribution in [0.15, 0.2) is 18.2 Å². The first-order valence-electron chi connectivity index (χ1n) is 6.72. The second-order valence-corrected chi connectivity index (χ2v) is 5.08. The summed E-state index contributed by atoms with van der Waals surface area (Å²) in [7, 11) is 1.69. The topological polar surface area (TPSA) is 53.1 Å². The molecule has 0 amide bonds. The number of aromatic nitrogens is 2. The van der Waals surface area contributed by atoms with Gasteiger partial charge in [0.15, 0.2) is 0 Å². The molecule has 19 heavy (non-hydrogen) atoms. The number of ether oxygens (including phenoxy) is 1. The lowest BCUT2D eigenvalue weighted by Crippen LogP contribution is -2.08. The van der Waals surface area contributed by atoms with Gasteiger partial charge in [0.1, 0.15) is 11.6 Å². The molecule has 2 N–H and O–H groups in total. The fourth-order valence-electron chi connectivity index (χ4n) is 2.84. The Morgan fingerprint density at radius 3 is 2.79 bits per heavy atom. The number of nitrogen functional groups attached to an aromatic ring is 1. The number of benzene rings is 1. The standard InChI is InChI=1S/C15H19N3O/c1-10-9-11(7-8-14(10)19-2)18-13-6-4-3-5-12(13)15(16)17-18/h7-9H,3-6H2,1-2H3,(H2,16,17). The second-order valence-electron chi connectivity index (χ2n) is 5.08. The van der Waals surface area contributed by atoms with Crippen molar-refractivity contribution in [3.05, 3.63) is 35.0 Å². The summed E-state index contributed by atoms with van der Waals surface area (Å²) in [5.74, 6) is 1.58. The predicted octanol–water partition coefficient (Wildman–Crippen LogP) is 2.65. The van der Waals surface area contributed by atoms with E-state index < -0.39 is 0 Å². The SMILES string of the molecule is COc1ccc(-n2nc(N)c3c2CCCC3)cc1C. The lowest BCUT2D eigenvalue weighted by molar-refractivity contribution is 0.411. The molecule has 0 unspecified atom stereocenters. The van der Waals surface area contributed by atoms with E-state index in [0.717, 1.165) is 29.8 Å². The predicted molar refractivity (Wildman–Crippen MR) is 75.9 cm³/mol. The molecule has 1 aromatic heterocycles. The maximum Gasteiger partial charge on any atom is 0.149 e. The molecule has 2 aromatic rings. The number of nitrogens with two attached hydrogens (primary N) is 1. The van der Waals surface area contributed by atoms with Crippen molar-refractivity contribution in [1.82, 2.24) is 9.78 Å². The third-order valence-electron chi connectivity index (χ3n) is 3.83. The monoisotopic (exact) mass is 257 g/mol. The third-order valence-corrected chi connectivity index (χ3v) is 3.83. The number of rotatable bonds is 2. The van der Waals surface area contributed by atoms with E-state index in [1.54, 1.807) is 7.11 Å². The summed E-state index contributed by atoms with van der Waals surface area (Å²) in [5.41, 5.74) is 10.7. The van der Waals surface area contributed by atoms with Gasteiger partial charge in [0.25, 0.3) is 0 Å². The zero-order valence-electron chi connectivity index (χ0n) is 11.4. The molecule has 1 aromatic carbocycles. The molecule has 1 aliphatic carbocycles. The van der Waals surface area contributed by atoms with E-state index in [2.05, 4.69) is 11.2 Å². The van der Waals surface area contributed by atoms with Crippen LogP contribution in [0.4, 0.5) is 5.82 Å². The highest BCUT2D eigenvalue weighted by molar-refractivity contribution is 5.50. The van der Waals surface area contributed by atoms with Crippen LogP contribution in [0.5, 0.6) is 5.75 Å². The highest BCUT2D eigenvalue weighted by Crippen LogP contribution is 2.29. The molecular formula is C15H19N3O. The summed E-state index contributed by atoms with van der Waals surface area (Å²) in [5, 5.41) is 4.51. The van der Waals surface area contributed by atoms with Gasteiger partial charge in [0.05, 0.1) is 12.8 Å². The molecule has 0 radical (unpaired) electrons. The number of hydrogen-bond donors (Lipinski definition) is 1. The van der Waals surface area contributed by atoms with Gasteiger partial charge in [0, 0.05) is 11.3 Å². The molecule has 4 heteroatoms. The molecule has 0 atom stereocenters. The fourth-order valence-corrected chi connectivity index (χ4v) is 2.84. The summed E-state index contributed by atoms with van der Waals surface area (Å²) >= 11 is 0. The minimum atomic E-state index is 0.683. The van der Waals surface area contributed by atoms with E-state index in [1.807, 2.05) is 23.7 Å². The molecule has 3 rings (SSSR count). The second kappa shape index (κ2) is 4.61. The summed E-state index contributed by atoms with van der Waals surface area (Å²) < 4.78 is 7.30. The minimum absolute atomic E-state index is 0.683. The lowest BCUT2D eigenvalue weighted by atomic mass is 9.97. The Labute approximate surface area is 113 Å². The first-order chi connectivity index (χ1) is 9.20. The van der Waals surface area contributed by atoms with Crippen LogP contribution in [-0.2, 0) is 12.8 Å². The Hall–Kier alpha value is -1.97. The zero-order chi connectivity index (χ0) is 13.4. The average Bonchev–Trinajstić information content (AvgIpc) is 2.77. The van der Waals surface area contributed by atoms with Crippen LogP contribution in [0.25, 0.3) is 5.69 Å². The van der Waals surface area contributed by atoms with Crippen LogP contribution >= 0.6 is 0 Å². The van der Waals surface area contributed by atoms with E-state index >= 15 is 0 Å². The molecule has 1 aliphatic rings. The van der Waals surface area contributed by atoms with Crippen LogP contribution in [0.1, 0.15) is 29.7 Å². The molecule has 0 saturated carbocycles. The maximum absolute atomic E-state index is 6.04. The number of nitrogens with zero attached hydrogens (tertiary/aromatic N) is 2. The van der Waals surface area contributed by atoms with Crippen molar-refractivity contribution >= 4 is 5.82 Å². The number of methoxy groups -OCH3 is 1. The Morgan fingerprint density at radius 2 is 2.05 bits per heavy atom. The van der Waals surface area contributed by atoms with Gasteiger partial charge in [-0.25, -0.2) is 4.68 Å². The van der Waals surface area contributed by atoms with Gasteiger partial charge in [-0.2, -0.15) is 5.10 Å². The Morgan fingerprint density at radius 1 is 1.26 bits per heavy atom. The van der Waals surface area contributed by atoms with Crippen molar-refractivity contribution in [2.75, 3.05) is 12.8 Å². The van der Waals surface area contributed by atoms with Crippen molar-refractivity contribution in [2.24, 2.45) is 0 Å². The first-order valence-corrected chi connectivity index (χ1v) is 6.72. The molecule has 0 fully saturated rings. The van der Waals surface area contributed by atoms with Crippen LogP contribution < -0.4 is 10.5 Å². The molecule has 100 valence electrons. The third kappa shape index (κ3) is 1.97. The number of hydrogen-bond acceptors (Lipinski definition) is 3. The largest absolute Gasteiger partial charge is 0.496 e. The molecule has 0 aliphatic heterocycles. The number of aryl methyl sites for hydroxylation is 1. The van der Waals surface area contributed by atoms with Crippen molar-refractivity contribution < 1.29 is 4.74 Å². The van der Waals surface area contributed by atoms with Gasteiger partial charge >= 0.3 is 0 Å². The van der Waals surface area contributed by atoms with Gasteiger partial charge in [0.2, 0.25) is 0 Å². The van der Waals surface area contributed by atoms with Gasteiger partial charge in [-0.1, -0.05) is 0 Å². The van der Waals surface area contributed by atoms with E-state index in [-0.39, 0.29) is 0 Å². The number of anilines is 1. The lowest BCUT2D eigenvalue weighted by Gasteiger charge is -2.14. The average molecular weight is 257 g/mol. The summed E-state index contributed by atoms with van der Waals surface area (Å²) in [6, 6.07) is 6.12. The normalized spacial score (nSPS) is 14.2. The zero-order valence-corrected chi connectivity index (χ0v) is 11.4. The molecule has 0 spiro atoms. The summed E-state index contributed by atoms with van der Waals surface area (Å²) in [6.45, 7) is 2.04. The maximum atomic E-state index is 6.04. The van der Waals surface area contributed by atoms with Crippen molar-refractivity contribution in [1.29, 1.82) is 0 Å². The number of fused-ring (bicyclic) bond motifs is 1. The molecule has 1 heterocycles. The van der Waals surface area contributed by atoms with Crippen LogP contribution in [-0.4, -0.2) is 16.9 Å². The Balaban J connectivity index is 2.09. The van der Waals surface area contributed by atoms with Crippen molar-refractivity contribution in [3.63, 3.8) is 0 Å². The van der Waals surface area contributed by atoms with Gasteiger partial charge in [-0.3, -0.25) is 0 Å². The first kappa shape index (κ1) is 12.1. The highest BCUT2D eigenvalue weighted by atomic mass is 16.5. The fraction of sp³-hybridized carbons (Fsp3) is 0.400. The van der Waals surface area contributed by atoms with Crippen molar-refractivity contribution in [3.8, 4) is 11.4 Å². The molecule has 0 bridgehead atoms.